The third-order valence-corrected chi connectivity index (χ3v) is 7.36. The van der Waals surface area contributed by atoms with Crippen LogP contribution >= 0.6 is 0 Å². The van der Waals surface area contributed by atoms with Crippen molar-refractivity contribution in [2.24, 2.45) is 34.5 Å². The van der Waals surface area contributed by atoms with E-state index in [1.807, 2.05) is 0 Å². The molecule has 20 heavy (non-hydrogen) atoms. The van der Waals surface area contributed by atoms with Crippen LogP contribution in [0.3, 0.4) is 0 Å². The van der Waals surface area contributed by atoms with E-state index in [-0.39, 0.29) is 11.5 Å². The van der Waals surface area contributed by atoms with Gasteiger partial charge in [0.2, 0.25) is 0 Å². The topological polar surface area (TPSA) is 43.4 Å². The number of fused-ring (bicyclic) bond motifs is 1. The van der Waals surface area contributed by atoms with Crippen molar-refractivity contribution in [2.75, 3.05) is 6.26 Å². The summed E-state index contributed by atoms with van der Waals surface area (Å²) in [7, 11) is -3.38. The van der Waals surface area contributed by atoms with Gasteiger partial charge in [-0.2, -0.15) is 8.42 Å². The van der Waals surface area contributed by atoms with Gasteiger partial charge < -0.3 is 0 Å². The Morgan fingerprint density at radius 2 is 1.85 bits per heavy atom. The van der Waals surface area contributed by atoms with Gasteiger partial charge in [0, 0.05) is 0 Å². The lowest BCUT2D eigenvalue weighted by molar-refractivity contribution is -0.159. The van der Waals surface area contributed by atoms with E-state index in [1.54, 1.807) is 0 Å². The molecule has 4 fully saturated rings. The normalized spacial score (nSPS) is 50.9. The lowest BCUT2D eigenvalue weighted by Gasteiger charge is -2.61. The van der Waals surface area contributed by atoms with Crippen molar-refractivity contribution in [3.63, 3.8) is 0 Å². The highest BCUT2D eigenvalue weighted by Gasteiger charge is 2.67. The molecule has 4 heteroatoms. The Balaban J connectivity index is 2.01. The molecule has 116 valence electrons. The Bertz CT molecular complexity index is 512. The van der Waals surface area contributed by atoms with E-state index in [9.17, 15) is 8.42 Å². The van der Waals surface area contributed by atoms with E-state index in [2.05, 4.69) is 27.7 Å². The Morgan fingerprint density at radius 1 is 1.20 bits per heavy atom. The maximum Gasteiger partial charge on any atom is 0.264 e. The minimum Gasteiger partial charge on any atom is -0.266 e. The van der Waals surface area contributed by atoms with Gasteiger partial charge in [-0.05, 0) is 60.2 Å². The molecule has 4 rings (SSSR count). The summed E-state index contributed by atoms with van der Waals surface area (Å²) in [6.07, 6.45) is 5.88. The molecule has 0 heterocycles. The second-order valence-corrected chi connectivity index (χ2v) is 10.0. The second kappa shape index (κ2) is 4.22. The Labute approximate surface area is 123 Å². The van der Waals surface area contributed by atoms with Crippen molar-refractivity contribution in [3.8, 4) is 0 Å². The molecule has 6 atom stereocenters. The highest BCUT2D eigenvalue weighted by Crippen LogP contribution is 2.71. The summed E-state index contributed by atoms with van der Waals surface area (Å²) in [5.41, 5.74) is 0.480. The van der Waals surface area contributed by atoms with Gasteiger partial charge in [0.15, 0.2) is 0 Å². The first-order valence-corrected chi connectivity index (χ1v) is 9.77. The van der Waals surface area contributed by atoms with Gasteiger partial charge in [0.1, 0.15) is 0 Å². The quantitative estimate of drug-likeness (QED) is 0.750. The third-order valence-electron chi connectivity index (χ3n) is 6.81. The van der Waals surface area contributed by atoms with E-state index in [0.717, 1.165) is 12.8 Å². The van der Waals surface area contributed by atoms with Gasteiger partial charge in [-0.3, -0.25) is 4.18 Å². The summed E-state index contributed by atoms with van der Waals surface area (Å²) in [5, 5.41) is 0. The van der Waals surface area contributed by atoms with Crippen molar-refractivity contribution in [1.82, 2.24) is 0 Å². The zero-order chi connectivity index (χ0) is 14.9. The summed E-state index contributed by atoms with van der Waals surface area (Å²) >= 11 is 0. The average molecular weight is 300 g/mol. The smallest absolute Gasteiger partial charge is 0.264 e. The molecule has 0 spiro atoms. The molecule has 0 radical (unpaired) electrons. The van der Waals surface area contributed by atoms with Crippen LogP contribution in [0.1, 0.15) is 53.4 Å². The van der Waals surface area contributed by atoms with Crippen LogP contribution in [0, 0.1) is 34.5 Å². The lowest BCUT2D eigenvalue weighted by atomic mass is 9.46. The molecule has 4 aliphatic rings. The first kappa shape index (κ1) is 14.8. The van der Waals surface area contributed by atoms with E-state index in [4.69, 9.17) is 4.18 Å². The van der Waals surface area contributed by atoms with Crippen molar-refractivity contribution >= 4 is 10.1 Å². The molecule has 0 aliphatic heterocycles. The SMILES string of the molecule is CC(C)[C@@H]1C[C@H]2[C@]3(C)CC[C@@]2(C)[C@H](OS(C)(=O)=O)[C@H]1C3. The summed E-state index contributed by atoms with van der Waals surface area (Å²) in [5.74, 6) is 2.26. The van der Waals surface area contributed by atoms with E-state index >= 15 is 0 Å². The first-order valence-electron chi connectivity index (χ1n) is 7.95. The molecule has 0 aromatic rings. The lowest BCUT2D eigenvalue weighted by Crippen LogP contribution is -2.59. The number of rotatable bonds is 3. The average Bonchev–Trinajstić information content (AvgIpc) is 2.51. The zero-order valence-electron chi connectivity index (χ0n) is 13.3. The molecule has 0 aromatic carbocycles. The maximum atomic E-state index is 11.7. The van der Waals surface area contributed by atoms with Crippen molar-refractivity contribution in [3.05, 3.63) is 0 Å². The van der Waals surface area contributed by atoms with Gasteiger partial charge in [-0.15, -0.1) is 0 Å². The van der Waals surface area contributed by atoms with Crippen LogP contribution in [0.4, 0.5) is 0 Å². The first-order chi connectivity index (χ1) is 9.07. The van der Waals surface area contributed by atoms with Crippen molar-refractivity contribution in [1.29, 1.82) is 0 Å². The van der Waals surface area contributed by atoms with Gasteiger partial charge in [-0.1, -0.05) is 27.7 Å². The van der Waals surface area contributed by atoms with Crippen molar-refractivity contribution < 1.29 is 12.6 Å². The van der Waals surface area contributed by atoms with Crippen LogP contribution in [0.2, 0.25) is 0 Å². The predicted octanol–water partition coefficient (Wildman–Crippen LogP) is 3.45. The summed E-state index contributed by atoms with van der Waals surface area (Å²) in [4.78, 5) is 0. The second-order valence-electron chi connectivity index (χ2n) is 8.44. The zero-order valence-corrected chi connectivity index (χ0v) is 14.2. The molecule has 0 saturated heterocycles. The minimum atomic E-state index is -3.38. The van der Waals surface area contributed by atoms with E-state index in [1.165, 1.54) is 19.1 Å². The highest BCUT2D eigenvalue weighted by molar-refractivity contribution is 7.86. The minimum absolute atomic E-state index is 0.0616. The highest BCUT2D eigenvalue weighted by atomic mass is 32.2. The fraction of sp³-hybridized carbons (Fsp3) is 1.00. The Hall–Kier alpha value is -0.0900. The maximum absolute atomic E-state index is 11.7. The fourth-order valence-corrected chi connectivity index (χ4v) is 6.67. The van der Waals surface area contributed by atoms with Crippen LogP contribution in [-0.4, -0.2) is 20.8 Å². The van der Waals surface area contributed by atoms with Crippen LogP contribution in [0.25, 0.3) is 0 Å². The monoisotopic (exact) mass is 300 g/mol. The van der Waals surface area contributed by atoms with Gasteiger partial charge in [0.05, 0.1) is 12.4 Å². The molecule has 0 amide bonds. The molecular formula is C16H28O3S. The molecule has 4 saturated carbocycles. The summed E-state index contributed by atoms with van der Waals surface area (Å²) in [6.45, 7) is 9.25. The van der Waals surface area contributed by atoms with E-state index in [0.29, 0.717) is 29.1 Å². The number of hydrogen-bond donors (Lipinski definition) is 0. The molecule has 0 aromatic heterocycles. The predicted molar refractivity (Wildman–Crippen MR) is 79.7 cm³/mol. The largest absolute Gasteiger partial charge is 0.266 e. The van der Waals surface area contributed by atoms with Gasteiger partial charge in [0.25, 0.3) is 10.1 Å². The third kappa shape index (κ3) is 1.98. The number of hydrogen-bond acceptors (Lipinski definition) is 3. The molecule has 3 nitrogen and oxygen atoms in total. The molecule has 0 N–H and O–H groups in total. The van der Waals surface area contributed by atoms with Crippen LogP contribution in [-0.2, 0) is 14.3 Å². The van der Waals surface area contributed by atoms with Crippen LogP contribution < -0.4 is 0 Å². The Morgan fingerprint density at radius 3 is 2.40 bits per heavy atom. The fourth-order valence-electron chi connectivity index (χ4n) is 5.93. The molecule has 0 unspecified atom stereocenters. The Kier molecular flexibility index (Phi) is 3.13. The van der Waals surface area contributed by atoms with Crippen LogP contribution in [0.5, 0.6) is 0 Å². The van der Waals surface area contributed by atoms with Gasteiger partial charge >= 0.3 is 0 Å². The standard InChI is InChI=1S/C16H28O3S/c1-10(2)11-8-13-15(3)6-7-16(13,4)14(12(11)9-15)19-20(5,17)18/h10-14H,6-9H2,1-5H3/t11-,12-,13-,14+,15+,16+/m0/s1. The van der Waals surface area contributed by atoms with Gasteiger partial charge in [-0.25, -0.2) is 0 Å². The molecular weight excluding hydrogens is 272 g/mol. The summed E-state index contributed by atoms with van der Waals surface area (Å²) < 4.78 is 29.1. The molecule has 4 bridgehead atoms. The van der Waals surface area contributed by atoms with Crippen LogP contribution in [0.15, 0.2) is 0 Å². The van der Waals surface area contributed by atoms with Crippen molar-refractivity contribution in [2.45, 2.75) is 59.5 Å². The van der Waals surface area contributed by atoms with E-state index < -0.39 is 10.1 Å². The summed E-state index contributed by atoms with van der Waals surface area (Å²) in [6, 6.07) is 0. The molecule has 4 aliphatic carbocycles.